The molecule has 0 bridgehead atoms. The van der Waals surface area contributed by atoms with Gasteiger partial charge >= 0.3 is 0 Å². The van der Waals surface area contributed by atoms with Crippen molar-refractivity contribution >= 4 is 21.6 Å². The number of nitrogen functional groups attached to an aromatic ring is 1. The van der Waals surface area contributed by atoms with Crippen molar-refractivity contribution in [2.45, 2.75) is 39.2 Å². The molecule has 0 aromatic carbocycles. The Balaban J connectivity index is 2.10. The molecule has 1 fully saturated rings. The Kier molecular flexibility index (Phi) is 3.92. The molecule has 2 N–H and O–H groups in total. The molecule has 4 heteroatoms. The third-order valence-corrected chi connectivity index (χ3v) is 3.87. The molecule has 1 aromatic heterocycles. The Labute approximate surface area is 111 Å². The van der Waals surface area contributed by atoms with Gasteiger partial charge in [-0.05, 0) is 47.0 Å². The number of aromatic nitrogens is 1. The maximum absolute atomic E-state index is 6.05. The number of pyridine rings is 1. The Morgan fingerprint density at radius 3 is 2.47 bits per heavy atom. The predicted molar refractivity (Wildman–Crippen MR) is 72.9 cm³/mol. The van der Waals surface area contributed by atoms with Gasteiger partial charge < -0.3 is 10.5 Å². The molecule has 3 nitrogen and oxygen atoms in total. The maximum atomic E-state index is 6.05. The molecule has 2 rings (SSSR count). The van der Waals surface area contributed by atoms with E-state index in [9.17, 15) is 0 Å². The number of rotatable bonds is 2. The van der Waals surface area contributed by atoms with Crippen LogP contribution in [0.1, 0.15) is 33.1 Å². The van der Waals surface area contributed by atoms with E-state index >= 15 is 0 Å². The molecular weight excluding hydrogens is 280 g/mol. The first kappa shape index (κ1) is 12.7. The van der Waals surface area contributed by atoms with Crippen LogP contribution in [0, 0.1) is 11.8 Å². The lowest BCUT2D eigenvalue weighted by atomic mass is 9.82. The van der Waals surface area contributed by atoms with Gasteiger partial charge in [-0.1, -0.05) is 13.8 Å². The van der Waals surface area contributed by atoms with Crippen molar-refractivity contribution in [3.63, 3.8) is 0 Å². The first-order valence-electron chi connectivity index (χ1n) is 6.12. The number of hydrogen-bond acceptors (Lipinski definition) is 3. The quantitative estimate of drug-likeness (QED) is 0.907. The topological polar surface area (TPSA) is 48.1 Å². The molecule has 1 aliphatic carbocycles. The van der Waals surface area contributed by atoms with Crippen LogP contribution in [0.15, 0.2) is 16.9 Å². The van der Waals surface area contributed by atoms with Crippen molar-refractivity contribution in [1.29, 1.82) is 0 Å². The Morgan fingerprint density at radius 1 is 1.24 bits per heavy atom. The zero-order valence-electron chi connectivity index (χ0n) is 10.3. The van der Waals surface area contributed by atoms with Crippen molar-refractivity contribution in [2.24, 2.45) is 11.8 Å². The first-order chi connectivity index (χ1) is 8.06. The van der Waals surface area contributed by atoms with Gasteiger partial charge in [-0.15, -0.1) is 0 Å². The van der Waals surface area contributed by atoms with E-state index in [0.717, 1.165) is 34.9 Å². The largest absolute Gasteiger partial charge is 0.487 e. The molecule has 0 spiro atoms. The molecule has 94 valence electrons. The first-order valence-corrected chi connectivity index (χ1v) is 6.91. The molecule has 1 heterocycles. The lowest BCUT2D eigenvalue weighted by molar-refractivity contribution is 0.101. The van der Waals surface area contributed by atoms with Crippen molar-refractivity contribution in [3.05, 3.63) is 16.9 Å². The Bertz CT molecular complexity index is 367. The number of nitrogens with zero attached hydrogens (tertiary/aromatic N) is 1. The highest BCUT2D eigenvalue weighted by molar-refractivity contribution is 9.10. The molecule has 17 heavy (non-hydrogen) atoms. The number of ether oxygens (including phenoxy) is 1. The highest BCUT2D eigenvalue weighted by atomic mass is 79.9. The maximum Gasteiger partial charge on any atom is 0.159 e. The van der Waals surface area contributed by atoms with Gasteiger partial charge in [0.2, 0.25) is 0 Å². The van der Waals surface area contributed by atoms with Crippen LogP contribution in [0.2, 0.25) is 0 Å². The lowest BCUT2D eigenvalue weighted by Gasteiger charge is -2.32. The summed E-state index contributed by atoms with van der Waals surface area (Å²) < 4.78 is 6.88. The summed E-state index contributed by atoms with van der Waals surface area (Å²) in [5, 5.41) is 0. The van der Waals surface area contributed by atoms with Gasteiger partial charge in [0.25, 0.3) is 0 Å². The van der Waals surface area contributed by atoms with Gasteiger partial charge in [0.1, 0.15) is 0 Å². The van der Waals surface area contributed by atoms with Crippen molar-refractivity contribution in [3.8, 4) is 5.75 Å². The second kappa shape index (κ2) is 5.25. The summed E-state index contributed by atoms with van der Waals surface area (Å²) in [6.45, 7) is 4.58. The van der Waals surface area contributed by atoms with Crippen LogP contribution >= 0.6 is 15.9 Å². The number of nitrogens with two attached hydrogens (primary N) is 1. The summed E-state index contributed by atoms with van der Waals surface area (Å²) in [6.07, 6.45) is 7.15. The average Bonchev–Trinajstić information content (AvgIpc) is 2.22. The predicted octanol–water partition coefficient (Wildman–Crippen LogP) is 3.63. The SMILES string of the molecule is CC1CC(C)CC(Oc2c(N)cncc2Br)C1. The lowest BCUT2D eigenvalue weighted by Crippen LogP contribution is -2.28. The summed E-state index contributed by atoms with van der Waals surface area (Å²) >= 11 is 3.44. The van der Waals surface area contributed by atoms with Crippen LogP contribution in [-0.2, 0) is 0 Å². The van der Waals surface area contributed by atoms with Gasteiger partial charge in [0, 0.05) is 6.20 Å². The van der Waals surface area contributed by atoms with Crippen molar-refractivity contribution in [2.75, 3.05) is 5.73 Å². The van der Waals surface area contributed by atoms with E-state index in [1.165, 1.54) is 6.42 Å². The molecule has 0 radical (unpaired) electrons. The van der Waals surface area contributed by atoms with Crippen LogP contribution < -0.4 is 10.5 Å². The molecule has 1 aromatic rings. The fourth-order valence-corrected chi connectivity index (χ4v) is 3.14. The van der Waals surface area contributed by atoms with E-state index in [2.05, 4.69) is 34.8 Å². The minimum Gasteiger partial charge on any atom is -0.487 e. The van der Waals surface area contributed by atoms with Crippen LogP contribution in [0.5, 0.6) is 5.75 Å². The second-order valence-electron chi connectivity index (χ2n) is 5.20. The smallest absolute Gasteiger partial charge is 0.159 e. The summed E-state index contributed by atoms with van der Waals surface area (Å²) in [7, 11) is 0. The normalized spacial score (nSPS) is 29.0. The summed E-state index contributed by atoms with van der Waals surface area (Å²) in [5.74, 6) is 2.20. The number of hydrogen-bond donors (Lipinski definition) is 1. The number of halogens is 1. The van der Waals surface area contributed by atoms with Crippen molar-refractivity contribution < 1.29 is 4.74 Å². The molecule has 1 aliphatic rings. The van der Waals surface area contributed by atoms with E-state index in [1.54, 1.807) is 12.4 Å². The minimum absolute atomic E-state index is 0.273. The number of anilines is 1. The molecule has 0 aliphatic heterocycles. The molecule has 2 unspecified atom stereocenters. The van der Waals surface area contributed by atoms with Crippen LogP contribution in [0.4, 0.5) is 5.69 Å². The highest BCUT2D eigenvalue weighted by Gasteiger charge is 2.26. The van der Waals surface area contributed by atoms with Gasteiger partial charge in [-0.3, -0.25) is 4.98 Å². The summed E-state index contributed by atoms with van der Waals surface area (Å²) in [5.41, 5.74) is 6.49. The molecule has 1 saturated carbocycles. The van der Waals surface area contributed by atoms with Crippen molar-refractivity contribution in [1.82, 2.24) is 4.98 Å². The Hall–Kier alpha value is -0.770. The van der Waals surface area contributed by atoms with Gasteiger partial charge in [-0.25, -0.2) is 0 Å². The van der Waals surface area contributed by atoms with E-state index in [4.69, 9.17) is 10.5 Å². The molecule has 2 atom stereocenters. The minimum atomic E-state index is 0.273. The van der Waals surface area contributed by atoms with Gasteiger partial charge in [0.15, 0.2) is 5.75 Å². The van der Waals surface area contributed by atoms with E-state index < -0.39 is 0 Å². The monoisotopic (exact) mass is 298 g/mol. The van der Waals surface area contributed by atoms with Gasteiger partial charge in [-0.2, -0.15) is 0 Å². The average molecular weight is 299 g/mol. The summed E-state index contributed by atoms with van der Waals surface area (Å²) in [4.78, 5) is 4.02. The van der Waals surface area contributed by atoms with Crippen LogP contribution in [0.3, 0.4) is 0 Å². The fraction of sp³-hybridized carbons (Fsp3) is 0.615. The second-order valence-corrected chi connectivity index (χ2v) is 6.05. The zero-order chi connectivity index (χ0) is 12.4. The van der Waals surface area contributed by atoms with Crippen LogP contribution in [0.25, 0.3) is 0 Å². The van der Waals surface area contributed by atoms with E-state index in [-0.39, 0.29) is 6.10 Å². The summed E-state index contributed by atoms with van der Waals surface area (Å²) in [6, 6.07) is 0. The van der Waals surface area contributed by atoms with E-state index in [1.807, 2.05) is 0 Å². The third kappa shape index (κ3) is 3.12. The highest BCUT2D eigenvalue weighted by Crippen LogP contribution is 2.36. The molecule has 0 amide bonds. The zero-order valence-corrected chi connectivity index (χ0v) is 11.9. The van der Waals surface area contributed by atoms with Crippen LogP contribution in [-0.4, -0.2) is 11.1 Å². The van der Waals surface area contributed by atoms with E-state index in [0.29, 0.717) is 5.69 Å². The van der Waals surface area contributed by atoms with Gasteiger partial charge in [0.05, 0.1) is 22.5 Å². The standard InChI is InChI=1S/C13H19BrN2O/c1-8-3-9(2)5-10(4-8)17-13-11(14)6-16-7-12(13)15/h6-10H,3-5,15H2,1-2H3. The molecular formula is C13H19BrN2O. The Morgan fingerprint density at radius 2 is 1.88 bits per heavy atom. The fourth-order valence-electron chi connectivity index (χ4n) is 2.70. The molecule has 0 saturated heterocycles. The third-order valence-electron chi connectivity index (χ3n) is 3.30.